The Balaban J connectivity index is 1.14. The number of rotatable bonds is 4. The first-order valence-electron chi connectivity index (χ1n) is 12.2. The fourth-order valence-electron chi connectivity index (χ4n) is 6.05. The fourth-order valence-corrected chi connectivity index (χ4v) is 6.05. The van der Waals surface area contributed by atoms with Crippen LogP contribution in [0.15, 0.2) is 30.5 Å². The number of amides is 1. The number of hydrogen-bond acceptors (Lipinski definition) is 7. The van der Waals surface area contributed by atoms with Gasteiger partial charge in [-0.1, -0.05) is 0 Å². The second-order valence-corrected chi connectivity index (χ2v) is 9.98. The minimum absolute atomic E-state index is 0.166. The molecule has 8 nitrogen and oxygen atoms in total. The van der Waals surface area contributed by atoms with Gasteiger partial charge in [-0.3, -0.25) is 4.79 Å². The molecule has 2 atom stereocenters. The van der Waals surface area contributed by atoms with Crippen molar-refractivity contribution >= 4 is 29.0 Å². The Bertz CT molecular complexity index is 1020. The molecule has 0 saturated carbocycles. The monoisotopic (exact) mass is 448 g/mol. The van der Waals surface area contributed by atoms with Crippen molar-refractivity contribution in [3.05, 3.63) is 36.0 Å². The smallest absolute Gasteiger partial charge is 0.229 e. The number of benzene rings is 1. The summed E-state index contributed by atoms with van der Waals surface area (Å²) < 4.78 is 5.72. The van der Waals surface area contributed by atoms with E-state index in [1.807, 2.05) is 6.20 Å². The number of morpholine rings is 1. The van der Waals surface area contributed by atoms with Gasteiger partial charge in [0.25, 0.3) is 0 Å². The summed E-state index contributed by atoms with van der Waals surface area (Å²) in [6, 6.07) is 9.59. The van der Waals surface area contributed by atoms with Crippen LogP contribution in [-0.2, 0) is 9.53 Å². The zero-order valence-electron chi connectivity index (χ0n) is 19.2. The van der Waals surface area contributed by atoms with Crippen LogP contribution in [0.1, 0.15) is 37.7 Å². The second kappa shape index (κ2) is 8.17. The van der Waals surface area contributed by atoms with Gasteiger partial charge in [0.1, 0.15) is 5.82 Å². The molecule has 1 aromatic heterocycles. The first-order chi connectivity index (χ1) is 16.1. The number of anilines is 4. The summed E-state index contributed by atoms with van der Waals surface area (Å²) in [7, 11) is 0. The predicted molar refractivity (Wildman–Crippen MR) is 128 cm³/mol. The summed E-state index contributed by atoms with van der Waals surface area (Å²) in [4.78, 5) is 26.5. The van der Waals surface area contributed by atoms with Crippen LogP contribution in [0.4, 0.5) is 23.1 Å². The molecule has 5 heterocycles. The molecule has 33 heavy (non-hydrogen) atoms. The highest BCUT2D eigenvalue weighted by Crippen LogP contribution is 2.39. The molecule has 2 aromatic rings. The molecule has 2 bridgehead atoms. The number of piperidine rings is 1. The lowest BCUT2D eigenvalue weighted by Gasteiger charge is -2.38. The summed E-state index contributed by atoms with van der Waals surface area (Å²) in [5, 5.41) is 6.39. The lowest BCUT2D eigenvalue weighted by Crippen LogP contribution is -2.45. The number of hydrogen-bond donors (Lipinski definition) is 2. The van der Waals surface area contributed by atoms with Crippen LogP contribution in [0.5, 0.6) is 0 Å². The standard InChI is InChI=1S/C25H32N6O2/c1-17-14-27-24(29-22(17)30-12-9-25(10-13-30)8-11-26-23(25)32)28-18-2-4-19(5-3-18)31-20-6-7-21(31)16-33-15-20/h2-5,14,20-21H,6-13,15-16H2,1H3,(H,26,32)(H,27,28,29). The summed E-state index contributed by atoms with van der Waals surface area (Å²) >= 11 is 0. The molecule has 2 unspecified atom stereocenters. The largest absolute Gasteiger partial charge is 0.377 e. The lowest BCUT2D eigenvalue weighted by molar-refractivity contribution is -0.128. The summed E-state index contributed by atoms with van der Waals surface area (Å²) in [6.07, 6.45) is 7.04. The van der Waals surface area contributed by atoms with Crippen molar-refractivity contribution in [1.29, 1.82) is 0 Å². The molecule has 174 valence electrons. The minimum Gasteiger partial charge on any atom is -0.377 e. The van der Waals surface area contributed by atoms with Crippen LogP contribution < -0.4 is 20.4 Å². The molecule has 4 aliphatic rings. The first-order valence-corrected chi connectivity index (χ1v) is 12.2. The van der Waals surface area contributed by atoms with Crippen LogP contribution in [0, 0.1) is 12.3 Å². The van der Waals surface area contributed by atoms with Gasteiger partial charge in [-0.05, 0) is 63.3 Å². The minimum atomic E-state index is -0.166. The highest BCUT2D eigenvalue weighted by molar-refractivity contribution is 5.85. The van der Waals surface area contributed by atoms with Gasteiger partial charge in [-0.25, -0.2) is 4.98 Å². The van der Waals surface area contributed by atoms with Gasteiger partial charge in [-0.2, -0.15) is 4.98 Å². The number of carbonyl (C=O) groups excluding carboxylic acids is 1. The van der Waals surface area contributed by atoms with E-state index in [1.54, 1.807) is 0 Å². The van der Waals surface area contributed by atoms with Gasteiger partial charge in [0.15, 0.2) is 0 Å². The number of ether oxygens (including phenoxy) is 1. The van der Waals surface area contributed by atoms with Crippen LogP contribution in [0.25, 0.3) is 0 Å². The predicted octanol–water partition coefficient (Wildman–Crippen LogP) is 3.00. The topological polar surface area (TPSA) is 82.6 Å². The maximum absolute atomic E-state index is 12.3. The molecule has 4 saturated heterocycles. The van der Waals surface area contributed by atoms with E-state index in [4.69, 9.17) is 9.72 Å². The van der Waals surface area contributed by atoms with Gasteiger partial charge in [0, 0.05) is 42.8 Å². The Hall–Kier alpha value is -2.87. The second-order valence-electron chi connectivity index (χ2n) is 9.98. The Morgan fingerprint density at radius 3 is 2.48 bits per heavy atom. The van der Waals surface area contributed by atoms with Crippen LogP contribution in [0.3, 0.4) is 0 Å². The molecule has 0 radical (unpaired) electrons. The number of aromatic nitrogens is 2. The van der Waals surface area contributed by atoms with Crippen LogP contribution in [-0.4, -0.2) is 60.8 Å². The van der Waals surface area contributed by atoms with E-state index in [2.05, 4.69) is 56.6 Å². The van der Waals surface area contributed by atoms with E-state index in [0.717, 1.165) is 69.2 Å². The summed E-state index contributed by atoms with van der Waals surface area (Å²) in [5.41, 5.74) is 3.14. The maximum Gasteiger partial charge on any atom is 0.229 e. The van der Waals surface area contributed by atoms with E-state index >= 15 is 0 Å². The molecular formula is C25H32N6O2. The SMILES string of the molecule is Cc1cnc(Nc2ccc(N3C4CCC3COC4)cc2)nc1N1CCC2(CCNC2=O)CC1. The summed E-state index contributed by atoms with van der Waals surface area (Å²) in [6.45, 7) is 6.22. The Morgan fingerprint density at radius 1 is 1.09 bits per heavy atom. The Morgan fingerprint density at radius 2 is 1.82 bits per heavy atom. The van der Waals surface area contributed by atoms with E-state index in [1.165, 1.54) is 18.5 Å². The van der Waals surface area contributed by atoms with Gasteiger partial charge < -0.3 is 25.2 Å². The molecule has 0 aliphatic carbocycles. The third-order valence-corrected chi connectivity index (χ3v) is 8.00. The number of nitrogens with one attached hydrogen (secondary N) is 2. The van der Waals surface area contributed by atoms with Crippen molar-refractivity contribution in [2.75, 3.05) is 48.0 Å². The molecule has 4 aliphatic heterocycles. The number of aryl methyl sites for hydroxylation is 1. The van der Waals surface area contributed by atoms with Crippen molar-refractivity contribution in [1.82, 2.24) is 15.3 Å². The zero-order chi connectivity index (χ0) is 22.4. The van der Waals surface area contributed by atoms with Gasteiger partial charge >= 0.3 is 0 Å². The molecule has 6 rings (SSSR count). The van der Waals surface area contributed by atoms with Gasteiger partial charge in [0.05, 0.1) is 30.7 Å². The molecule has 1 amide bonds. The third kappa shape index (κ3) is 3.70. The average molecular weight is 449 g/mol. The Kier molecular flexibility index (Phi) is 5.13. The number of carbonyl (C=O) groups is 1. The van der Waals surface area contributed by atoms with E-state index < -0.39 is 0 Å². The maximum atomic E-state index is 12.3. The molecule has 2 N–H and O–H groups in total. The van der Waals surface area contributed by atoms with Crippen LogP contribution in [0.2, 0.25) is 0 Å². The van der Waals surface area contributed by atoms with Crippen molar-refractivity contribution < 1.29 is 9.53 Å². The van der Waals surface area contributed by atoms with Crippen LogP contribution >= 0.6 is 0 Å². The van der Waals surface area contributed by atoms with Crippen molar-refractivity contribution in [2.24, 2.45) is 5.41 Å². The van der Waals surface area contributed by atoms with E-state index in [-0.39, 0.29) is 11.3 Å². The molecule has 8 heteroatoms. The van der Waals surface area contributed by atoms with E-state index in [0.29, 0.717) is 18.0 Å². The van der Waals surface area contributed by atoms with Gasteiger partial charge in [-0.15, -0.1) is 0 Å². The highest BCUT2D eigenvalue weighted by Gasteiger charge is 2.44. The average Bonchev–Trinajstić information content (AvgIpc) is 3.31. The fraction of sp³-hybridized carbons (Fsp3) is 0.560. The number of fused-ring (bicyclic) bond motifs is 2. The molecular weight excluding hydrogens is 416 g/mol. The van der Waals surface area contributed by atoms with Crippen molar-refractivity contribution in [2.45, 2.75) is 51.1 Å². The highest BCUT2D eigenvalue weighted by atomic mass is 16.5. The molecule has 1 aromatic carbocycles. The number of nitrogens with zero attached hydrogens (tertiary/aromatic N) is 4. The summed E-state index contributed by atoms with van der Waals surface area (Å²) in [5.74, 6) is 1.80. The normalized spacial score (nSPS) is 26.0. The first kappa shape index (κ1) is 20.7. The van der Waals surface area contributed by atoms with Crippen molar-refractivity contribution in [3.63, 3.8) is 0 Å². The van der Waals surface area contributed by atoms with Crippen molar-refractivity contribution in [3.8, 4) is 0 Å². The van der Waals surface area contributed by atoms with Gasteiger partial charge in [0.2, 0.25) is 11.9 Å². The quantitative estimate of drug-likeness (QED) is 0.744. The zero-order valence-corrected chi connectivity index (χ0v) is 19.2. The van der Waals surface area contributed by atoms with E-state index in [9.17, 15) is 4.79 Å². The molecule has 1 spiro atoms. The third-order valence-electron chi connectivity index (χ3n) is 8.00. The lowest BCUT2D eigenvalue weighted by atomic mass is 9.77. The molecule has 4 fully saturated rings. The Labute approximate surface area is 194 Å².